The van der Waals surface area contributed by atoms with Gasteiger partial charge in [0.05, 0.1) is 11.8 Å². The van der Waals surface area contributed by atoms with E-state index < -0.39 is 11.9 Å². The second-order valence-electron chi connectivity index (χ2n) is 7.27. The molecule has 0 saturated heterocycles. The van der Waals surface area contributed by atoms with Crippen LogP contribution in [0, 0.1) is 20.8 Å². The quantitative estimate of drug-likeness (QED) is 0.214. The van der Waals surface area contributed by atoms with E-state index in [0.717, 1.165) is 21.2 Å². The monoisotopic (exact) mass is 494 g/mol. The summed E-state index contributed by atoms with van der Waals surface area (Å²) in [7, 11) is 0. The minimum atomic E-state index is -0.479. The van der Waals surface area contributed by atoms with Gasteiger partial charge >= 0.3 is 5.97 Å². The molecule has 0 spiro atoms. The number of ether oxygens (including phenoxy) is 2. The van der Waals surface area contributed by atoms with Crippen molar-refractivity contribution in [2.45, 2.75) is 20.8 Å². The SMILES string of the molecule is Cc1ccc(C(=O)Oc2ccc(Br)cc2/C=N/NC(=O)COc2ccc(C)c(C)c2)cc1. The van der Waals surface area contributed by atoms with Crippen molar-refractivity contribution in [1.29, 1.82) is 0 Å². The van der Waals surface area contributed by atoms with E-state index in [0.29, 0.717) is 22.6 Å². The van der Waals surface area contributed by atoms with Gasteiger partial charge in [-0.3, -0.25) is 4.79 Å². The summed E-state index contributed by atoms with van der Waals surface area (Å²) in [5, 5.41) is 3.96. The second kappa shape index (κ2) is 10.7. The van der Waals surface area contributed by atoms with Gasteiger partial charge in [0, 0.05) is 10.0 Å². The maximum atomic E-state index is 12.4. The van der Waals surface area contributed by atoms with Gasteiger partial charge in [0.2, 0.25) is 0 Å². The highest BCUT2D eigenvalue weighted by atomic mass is 79.9. The molecular formula is C25H23BrN2O4. The smallest absolute Gasteiger partial charge is 0.343 e. The van der Waals surface area contributed by atoms with E-state index in [-0.39, 0.29) is 6.61 Å². The Morgan fingerprint density at radius 3 is 2.44 bits per heavy atom. The summed E-state index contributed by atoms with van der Waals surface area (Å²) in [6, 6.07) is 17.9. The molecule has 7 heteroatoms. The lowest BCUT2D eigenvalue weighted by Crippen LogP contribution is -2.24. The third-order valence-corrected chi connectivity index (χ3v) is 5.20. The van der Waals surface area contributed by atoms with Crippen molar-refractivity contribution < 1.29 is 19.1 Å². The molecule has 32 heavy (non-hydrogen) atoms. The van der Waals surface area contributed by atoms with Crippen molar-refractivity contribution in [3.05, 3.63) is 93.0 Å². The third-order valence-electron chi connectivity index (χ3n) is 4.70. The third kappa shape index (κ3) is 6.52. The Kier molecular flexibility index (Phi) is 7.78. The predicted molar refractivity (Wildman–Crippen MR) is 127 cm³/mol. The summed E-state index contributed by atoms with van der Waals surface area (Å²) < 4.78 is 11.8. The first-order valence-corrected chi connectivity index (χ1v) is 10.7. The van der Waals surface area contributed by atoms with Gasteiger partial charge in [-0.2, -0.15) is 5.10 Å². The van der Waals surface area contributed by atoms with Crippen molar-refractivity contribution in [3.8, 4) is 11.5 Å². The van der Waals surface area contributed by atoms with Crippen LogP contribution in [0.1, 0.15) is 32.6 Å². The Morgan fingerprint density at radius 1 is 0.969 bits per heavy atom. The normalized spacial score (nSPS) is 10.8. The highest BCUT2D eigenvalue weighted by Crippen LogP contribution is 2.23. The topological polar surface area (TPSA) is 77.0 Å². The van der Waals surface area contributed by atoms with Gasteiger partial charge < -0.3 is 9.47 Å². The zero-order chi connectivity index (χ0) is 23.1. The first-order valence-electron chi connectivity index (χ1n) is 9.92. The maximum Gasteiger partial charge on any atom is 0.343 e. The molecule has 0 unspecified atom stereocenters. The molecule has 164 valence electrons. The molecule has 0 saturated carbocycles. The molecule has 0 aliphatic heterocycles. The molecule has 0 bridgehead atoms. The van der Waals surface area contributed by atoms with Gasteiger partial charge in [-0.05, 0) is 74.4 Å². The molecule has 0 aromatic heterocycles. The molecule has 6 nitrogen and oxygen atoms in total. The van der Waals surface area contributed by atoms with Crippen LogP contribution in [0.2, 0.25) is 0 Å². The van der Waals surface area contributed by atoms with E-state index in [2.05, 4.69) is 26.5 Å². The highest BCUT2D eigenvalue weighted by molar-refractivity contribution is 9.10. The van der Waals surface area contributed by atoms with Crippen LogP contribution in [0.5, 0.6) is 11.5 Å². The van der Waals surface area contributed by atoms with E-state index in [1.54, 1.807) is 30.3 Å². The standard InChI is InChI=1S/C25H23BrN2O4/c1-16-4-7-19(8-5-16)25(30)32-23-11-9-21(26)13-20(23)14-27-28-24(29)15-31-22-10-6-17(2)18(3)12-22/h4-14H,15H2,1-3H3,(H,28,29)/b27-14+. The summed E-state index contributed by atoms with van der Waals surface area (Å²) in [4.78, 5) is 24.5. The number of hydrogen-bond acceptors (Lipinski definition) is 5. The fraction of sp³-hybridized carbons (Fsp3) is 0.160. The first kappa shape index (κ1) is 23.2. The Morgan fingerprint density at radius 2 is 1.72 bits per heavy atom. The van der Waals surface area contributed by atoms with E-state index in [1.165, 1.54) is 6.21 Å². The number of carbonyl (C=O) groups is 2. The lowest BCUT2D eigenvalue weighted by atomic mass is 10.1. The molecule has 0 aliphatic carbocycles. The largest absolute Gasteiger partial charge is 0.484 e. The number of hydrogen-bond donors (Lipinski definition) is 1. The fourth-order valence-electron chi connectivity index (χ4n) is 2.72. The summed E-state index contributed by atoms with van der Waals surface area (Å²) in [6.07, 6.45) is 1.41. The number of esters is 1. The number of nitrogens with one attached hydrogen (secondary N) is 1. The molecule has 3 aromatic rings. The molecule has 3 aromatic carbocycles. The zero-order valence-electron chi connectivity index (χ0n) is 18.0. The average molecular weight is 495 g/mol. The van der Waals surface area contributed by atoms with Gasteiger partial charge in [0.1, 0.15) is 11.5 Å². The van der Waals surface area contributed by atoms with E-state index in [1.807, 2.05) is 51.1 Å². The molecule has 1 amide bonds. The summed E-state index contributed by atoms with van der Waals surface area (Å²) in [5.74, 6) is 0.0492. The number of hydrazone groups is 1. The molecule has 0 radical (unpaired) electrons. The van der Waals surface area contributed by atoms with Crippen LogP contribution in [0.3, 0.4) is 0 Å². The number of rotatable bonds is 7. The van der Waals surface area contributed by atoms with Crippen LogP contribution in [0.4, 0.5) is 0 Å². The first-order chi connectivity index (χ1) is 15.3. The Hall–Kier alpha value is -3.45. The van der Waals surface area contributed by atoms with Crippen molar-refractivity contribution in [3.63, 3.8) is 0 Å². The molecule has 0 fully saturated rings. The van der Waals surface area contributed by atoms with Crippen molar-refractivity contribution in [2.75, 3.05) is 6.61 Å². The molecule has 1 N–H and O–H groups in total. The van der Waals surface area contributed by atoms with E-state index in [4.69, 9.17) is 9.47 Å². The Bertz CT molecular complexity index is 1160. The zero-order valence-corrected chi connectivity index (χ0v) is 19.6. The lowest BCUT2D eigenvalue weighted by Gasteiger charge is -2.09. The van der Waals surface area contributed by atoms with Crippen molar-refractivity contribution in [1.82, 2.24) is 5.43 Å². The number of aryl methyl sites for hydroxylation is 3. The fourth-order valence-corrected chi connectivity index (χ4v) is 3.10. The maximum absolute atomic E-state index is 12.4. The number of amides is 1. The molecule has 0 atom stereocenters. The molecule has 3 rings (SSSR count). The van der Waals surface area contributed by atoms with Gasteiger partial charge in [0.15, 0.2) is 6.61 Å². The van der Waals surface area contributed by atoms with Gasteiger partial charge in [-0.25, -0.2) is 10.2 Å². The van der Waals surface area contributed by atoms with Crippen molar-refractivity contribution in [2.24, 2.45) is 5.10 Å². The molecule has 0 heterocycles. The highest BCUT2D eigenvalue weighted by Gasteiger charge is 2.12. The van der Waals surface area contributed by atoms with Crippen LogP contribution in [0.25, 0.3) is 0 Å². The summed E-state index contributed by atoms with van der Waals surface area (Å²) in [5.41, 5.74) is 6.67. The van der Waals surface area contributed by atoms with Crippen LogP contribution in [-0.4, -0.2) is 24.7 Å². The molecular weight excluding hydrogens is 472 g/mol. The minimum absolute atomic E-state index is 0.173. The van der Waals surface area contributed by atoms with Crippen LogP contribution < -0.4 is 14.9 Å². The molecule has 0 aliphatic rings. The van der Waals surface area contributed by atoms with E-state index >= 15 is 0 Å². The average Bonchev–Trinajstić information content (AvgIpc) is 2.76. The number of carbonyl (C=O) groups excluding carboxylic acids is 2. The van der Waals surface area contributed by atoms with Crippen LogP contribution >= 0.6 is 15.9 Å². The lowest BCUT2D eigenvalue weighted by molar-refractivity contribution is -0.123. The summed E-state index contributed by atoms with van der Waals surface area (Å²) >= 11 is 3.39. The minimum Gasteiger partial charge on any atom is -0.484 e. The van der Waals surface area contributed by atoms with Crippen LogP contribution in [-0.2, 0) is 4.79 Å². The Balaban J connectivity index is 1.61. The number of halogens is 1. The van der Waals surface area contributed by atoms with Gasteiger partial charge in [0.25, 0.3) is 5.91 Å². The number of benzene rings is 3. The Labute approximate surface area is 195 Å². The van der Waals surface area contributed by atoms with E-state index in [9.17, 15) is 9.59 Å². The van der Waals surface area contributed by atoms with Gasteiger partial charge in [-0.15, -0.1) is 0 Å². The van der Waals surface area contributed by atoms with Gasteiger partial charge in [-0.1, -0.05) is 39.7 Å². The second-order valence-corrected chi connectivity index (χ2v) is 8.18. The predicted octanol–water partition coefficient (Wildman–Crippen LogP) is 5.12. The van der Waals surface area contributed by atoms with Crippen molar-refractivity contribution >= 4 is 34.0 Å². The van der Waals surface area contributed by atoms with Crippen LogP contribution in [0.15, 0.2) is 70.2 Å². The number of nitrogens with zero attached hydrogens (tertiary/aromatic N) is 1. The summed E-state index contributed by atoms with van der Waals surface area (Å²) in [6.45, 7) is 5.76.